The quantitative estimate of drug-likeness (QED) is 0.384. The van der Waals surface area contributed by atoms with Gasteiger partial charge >= 0.3 is 5.97 Å². The number of hydrogen-bond acceptors (Lipinski definition) is 2. The SMILES string of the molecule is CCCCCCc1ccc(OC(=O)CCC)cc1. The molecular formula is C16H24O2. The lowest BCUT2D eigenvalue weighted by Gasteiger charge is -2.05. The van der Waals surface area contributed by atoms with E-state index in [1.54, 1.807) is 0 Å². The van der Waals surface area contributed by atoms with E-state index >= 15 is 0 Å². The Balaban J connectivity index is 2.35. The monoisotopic (exact) mass is 248 g/mol. The highest BCUT2D eigenvalue weighted by Gasteiger charge is 2.02. The van der Waals surface area contributed by atoms with Gasteiger partial charge in [-0.1, -0.05) is 45.2 Å². The number of hydrogen-bond donors (Lipinski definition) is 0. The van der Waals surface area contributed by atoms with Gasteiger partial charge in [0, 0.05) is 6.42 Å². The number of unbranched alkanes of at least 4 members (excludes halogenated alkanes) is 3. The summed E-state index contributed by atoms with van der Waals surface area (Å²) in [6.45, 7) is 4.19. The van der Waals surface area contributed by atoms with Crippen LogP contribution in [0.4, 0.5) is 0 Å². The van der Waals surface area contributed by atoms with Crippen LogP contribution >= 0.6 is 0 Å². The van der Waals surface area contributed by atoms with Crippen molar-refractivity contribution < 1.29 is 9.53 Å². The van der Waals surface area contributed by atoms with Crippen molar-refractivity contribution in [1.29, 1.82) is 0 Å². The lowest BCUT2D eigenvalue weighted by atomic mass is 10.1. The first-order chi connectivity index (χ1) is 8.76. The summed E-state index contributed by atoms with van der Waals surface area (Å²) in [4.78, 5) is 11.3. The number of carbonyl (C=O) groups excluding carboxylic acids is 1. The molecule has 0 aliphatic heterocycles. The van der Waals surface area contributed by atoms with Crippen molar-refractivity contribution in [2.24, 2.45) is 0 Å². The van der Waals surface area contributed by atoms with Gasteiger partial charge in [-0.05, 0) is 37.0 Å². The molecule has 0 N–H and O–H groups in total. The van der Waals surface area contributed by atoms with Gasteiger partial charge in [0.1, 0.15) is 5.75 Å². The van der Waals surface area contributed by atoms with Crippen LogP contribution in [0.2, 0.25) is 0 Å². The Bertz CT molecular complexity index is 341. The van der Waals surface area contributed by atoms with Crippen LogP contribution in [0.3, 0.4) is 0 Å². The standard InChI is InChI=1S/C16H24O2/c1-3-5-6-7-9-14-10-12-15(13-11-14)18-16(17)8-4-2/h10-13H,3-9H2,1-2H3. The van der Waals surface area contributed by atoms with E-state index in [2.05, 4.69) is 19.1 Å². The number of aryl methyl sites for hydroxylation is 1. The van der Waals surface area contributed by atoms with Crippen molar-refractivity contribution >= 4 is 5.97 Å². The molecule has 1 aromatic carbocycles. The molecule has 2 heteroatoms. The van der Waals surface area contributed by atoms with Crippen molar-refractivity contribution in [1.82, 2.24) is 0 Å². The molecule has 0 amide bonds. The Morgan fingerprint density at radius 2 is 1.72 bits per heavy atom. The molecule has 0 aromatic heterocycles. The van der Waals surface area contributed by atoms with E-state index in [1.807, 2.05) is 19.1 Å². The van der Waals surface area contributed by atoms with Gasteiger partial charge in [-0.3, -0.25) is 4.79 Å². The number of ether oxygens (including phenoxy) is 1. The molecule has 18 heavy (non-hydrogen) atoms. The zero-order valence-corrected chi connectivity index (χ0v) is 11.6. The van der Waals surface area contributed by atoms with Crippen LogP contribution in [-0.2, 0) is 11.2 Å². The molecule has 0 aliphatic carbocycles. The van der Waals surface area contributed by atoms with E-state index in [4.69, 9.17) is 4.74 Å². The molecule has 1 rings (SSSR count). The minimum atomic E-state index is -0.145. The largest absolute Gasteiger partial charge is 0.427 e. The first-order valence-electron chi connectivity index (χ1n) is 7.06. The third-order valence-electron chi connectivity index (χ3n) is 2.93. The maximum absolute atomic E-state index is 11.3. The van der Waals surface area contributed by atoms with Gasteiger partial charge in [0.05, 0.1) is 0 Å². The highest BCUT2D eigenvalue weighted by atomic mass is 16.5. The molecule has 0 atom stereocenters. The molecule has 0 saturated heterocycles. The number of benzene rings is 1. The summed E-state index contributed by atoms with van der Waals surface area (Å²) in [5.41, 5.74) is 1.32. The minimum absolute atomic E-state index is 0.145. The van der Waals surface area contributed by atoms with Gasteiger partial charge in [-0.2, -0.15) is 0 Å². The summed E-state index contributed by atoms with van der Waals surface area (Å²) >= 11 is 0. The second kappa shape index (κ2) is 8.73. The molecule has 0 radical (unpaired) electrons. The first kappa shape index (κ1) is 14.7. The molecule has 0 bridgehead atoms. The molecule has 100 valence electrons. The highest BCUT2D eigenvalue weighted by molar-refractivity contribution is 5.72. The average Bonchev–Trinajstić information content (AvgIpc) is 2.37. The predicted octanol–water partition coefficient (Wildman–Crippen LogP) is 4.51. The molecular weight excluding hydrogens is 224 g/mol. The third-order valence-corrected chi connectivity index (χ3v) is 2.93. The van der Waals surface area contributed by atoms with Crippen molar-refractivity contribution in [2.75, 3.05) is 0 Å². The second-order valence-corrected chi connectivity index (χ2v) is 4.68. The number of rotatable bonds is 8. The molecule has 0 aliphatic rings. The first-order valence-corrected chi connectivity index (χ1v) is 7.06. The fourth-order valence-corrected chi connectivity index (χ4v) is 1.87. The van der Waals surface area contributed by atoms with E-state index in [0.29, 0.717) is 12.2 Å². The molecule has 0 saturated carbocycles. The lowest BCUT2D eigenvalue weighted by Crippen LogP contribution is -2.06. The van der Waals surface area contributed by atoms with Crippen LogP contribution in [0.1, 0.15) is 57.9 Å². The van der Waals surface area contributed by atoms with Gasteiger partial charge in [-0.15, -0.1) is 0 Å². The second-order valence-electron chi connectivity index (χ2n) is 4.68. The Labute approximate surface area is 110 Å². The van der Waals surface area contributed by atoms with Crippen molar-refractivity contribution in [3.05, 3.63) is 29.8 Å². The Kier molecular flexibility index (Phi) is 7.16. The van der Waals surface area contributed by atoms with Crippen molar-refractivity contribution in [3.63, 3.8) is 0 Å². The average molecular weight is 248 g/mol. The number of carbonyl (C=O) groups is 1. The van der Waals surface area contributed by atoms with Gasteiger partial charge in [0.25, 0.3) is 0 Å². The van der Waals surface area contributed by atoms with Crippen molar-refractivity contribution in [3.8, 4) is 5.75 Å². The summed E-state index contributed by atoms with van der Waals surface area (Å²) in [5, 5.41) is 0. The summed E-state index contributed by atoms with van der Waals surface area (Å²) in [6, 6.07) is 7.90. The predicted molar refractivity (Wildman–Crippen MR) is 74.8 cm³/mol. The fraction of sp³-hybridized carbons (Fsp3) is 0.562. The Morgan fingerprint density at radius 3 is 2.33 bits per heavy atom. The number of esters is 1. The van der Waals surface area contributed by atoms with Crippen LogP contribution in [0, 0.1) is 0 Å². The van der Waals surface area contributed by atoms with Crippen LogP contribution in [0.5, 0.6) is 5.75 Å². The molecule has 0 unspecified atom stereocenters. The lowest BCUT2D eigenvalue weighted by molar-refractivity contribution is -0.134. The summed E-state index contributed by atoms with van der Waals surface area (Å²) in [7, 11) is 0. The Morgan fingerprint density at radius 1 is 1.00 bits per heavy atom. The van der Waals surface area contributed by atoms with Crippen molar-refractivity contribution in [2.45, 2.75) is 58.8 Å². The maximum atomic E-state index is 11.3. The minimum Gasteiger partial charge on any atom is -0.427 e. The summed E-state index contributed by atoms with van der Waals surface area (Å²) in [5.74, 6) is 0.513. The molecule has 0 fully saturated rings. The third kappa shape index (κ3) is 5.85. The van der Waals surface area contributed by atoms with Gasteiger partial charge in [-0.25, -0.2) is 0 Å². The van der Waals surface area contributed by atoms with E-state index in [1.165, 1.54) is 31.2 Å². The normalized spacial score (nSPS) is 10.3. The van der Waals surface area contributed by atoms with Crippen LogP contribution in [-0.4, -0.2) is 5.97 Å². The zero-order chi connectivity index (χ0) is 13.2. The van der Waals surface area contributed by atoms with Gasteiger partial charge in [0.2, 0.25) is 0 Å². The summed E-state index contributed by atoms with van der Waals surface area (Å²) in [6.07, 6.45) is 7.54. The Hall–Kier alpha value is -1.31. The molecule has 0 spiro atoms. The van der Waals surface area contributed by atoms with E-state index in [0.717, 1.165) is 12.8 Å². The molecule has 1 aromatic rings. The highest BCUT2D eigenvalue weighted by Crippen LogP contribution is 2.15. The smallest absolute Gasteiger partial charge is 0.311 e. The molecule has 0 heterocycles. The van der Waals surface area contributed by atoms with Crippen LogP contribution in [0.25, 0.3) is 0 Å². The maximum Gasteiger partial charge on any atom is 0.311 e. The van der Waals surface area contributed by atoms with Gasteiger partial charge in [0.15, 0.2) is 0 Å². The molecule has 2 nitrogen and oxygen atoms in total. The summed E-state index contributed by atoms with van der Waals surface area (Å²) < 4.78 is 5.21. The van der Waals surface area contributed by atoms with Crippen LogP contribution in [0.15, 0.2) is 24.3 Å². The van der Waals surface area contributed by atoms with Crippen LogP contribution < -0.4 is 4.74 Å². The topological polar surface area (TPSA) is 26.3 Å². The zero-order valence-electron chi connectivity index (χ0n) is 11.6. The van der Waals surface area contributed by atoms with E-state index in [9.17, 15) is 4.79 Å². The van der Waals surface area contributed by atoms with E-state index in [-0.39, 0.29) is 5.97 Å². The van der Waals surface area contributed by atoms with Gasteiger partial charge < -0.3 is 4.74 Å². The van der Waals surface area contributed by atoms with E-state index < -0.39 is 0 Å². The fourth-order valence-electron chi connectivity index (χ4n) is 1.87.